The summed E-state index contributed by atoms with van der Waals surface area (Å²) in [5.74, 6) is 2.77. The number of aromatic nitrogens is 3. The summed E-state index contributed by atoms with van der Waals surface area (Å²) in [6.45, 7) is 1.92. The molecule has 1 N–H and O–H groups in total. The second-order valence-corrected chi connectivity index (χ2v) is 10.7. The number of hydrogen-bond acceptors (Lipinski definition) is 5. The number of carbonyl (C=O) groups is 1. The van der Waals surface area contributed by atoms with Gasteiger partial charge in [-0.3, -0.25) is 9.36 Å². The van der Waals surface area contributed by atoms with E-state index in [1.54, 1.807) is 25.3 Å². The van der Waals surface area contributed by atoms with Crippen LogP contribution in [0.3, 0.4) is 0 Å². The standard InChI is InChI=1S/C26H30Cl2N4O2S/c1-17(29-24(33)13-10-18-6-3-4-7-18)25-30-31-26(32(25)23-15-20(27)11-12-22(23)28)35-16-19-8-5-9-21(14-19)34-2/h5,8-9,11-12,14-15,17-18H,3-4,6-7,10,13,16H2,1-2H3,(H,29,33). The number of ether oxygens (including phenoxy) is 1. The van der Waals surface area contributed by atoms with Crippen LogP contribution in [0.15, 0.2) is 47.6 Å². The molecule has 9 heteroatoms. The van der Waals surface area contributed by atoms with Gasteiger partial charge < -0.3 is 10.1 Å². The summed E-state index contributed by atoms with van der Waals surface area (Å²) in [5.41, 5.74) is 1.77. The maximum atomic E-state index is 12.7. The molecule has 0 saturated heterocycles. The van der Waals surface area contributed by atoms with Gasteiger partial charge in [0.05, 0.1) is 23.9 Å². The Morgan fingerprint density at radius 1 is 1.20 bits per heavy atom. The molecule has 0 spiro atoms. The van der Waals surface area contributed by atoms with Gasteiger partial charge in [-0.2, -0.15) is 0 Å². The van der Waals surface area contributed by atoms with Crippen molar-refractivity contribution < 1.29 is 9.53 Å². The molecule has 2 aromatic carbocycles. The fourth-order valence-electron chi connectivity index (χ4n) is 4.46. The highest BCUT2D eigenvalue weighted by Crippen LogP contribution is 2.33. The molecule has 1 heterocycles. The van der Waals surface area contributed by atoms with Crippen molar-refractivity contribution >= 4 is 40.9 Å². The number of nitrogens with one attached hydrogen (secondary N) is 1. The fourth-order valence-corrected chi connectivity index (χ4v) is 5.72. The number of methoxy groups -OCH3 is 1. The molecule has 1 atom stereocenters. The van der Waals surface area contributed by atoms with Crippen molar-refractivity contribution in [2.45, 2.75) is 62.4 Å². The number of rotatable bonds is 10. The van der Waals surface area contributed by atoms with Gasteiger partial charge in [-0.1, -0.05) is 72.8 Å². The maximum Gasteiger partial charge on any atom is 0.220 e. The van der Waals surface area contributed by atoms with Crippen LogP contribution in [0.2, 0.25) is 10.0 Å². The Morgan fingerprint density at radius 2 is 2.00 bits per heavy atom. The first-order valence-corrected chi connectivity index (χ1v) is 13.6. The molecular weight excluding hydrogens is 503 g/mol. The first kappa shape index (κ1) is 25.9. The van der Waals surface area contributed by atoms with Gasteiger partial charge in [0.25, 0.3) is 0 Å². The van der Waals surface area contributed by atoms with Crippen LogP contribution < -0.4 is 10.1 Å². The average Bonchev–Trinajstić information content (AvgIpc) is 3.53. The first-order chi connectivity index (χ1) is 16.9. The zero-order chi connectivity index (χ0) is 24.8. The van der Waals surface area contributed by atoms with E-state index < -0.39 is 0 Å². The molecule has 0 radical (unpaired) electrons. The predicted molar refractivity (Wildman–Crippen MR) is 142 cm³/mol. The van der Waals surface area contributed by atoms with E-state index in [0.29, 0.717) is 44.8 Å². The number of thioether (sulfide) groups is 1. The molecule has 4 rings (SSSR count). The van der Waals surface area contributed by atoms with Crippen molar-refractivity contribution in [3.05, 3.63) is 63.9 Å². The van der Waals surface area contributed by atoms with E-state index >= 15 is 0 Å². The van der Waals surface area contributed by atoms with Crippen molar-refractivity contribution in [3.63, 3.8) is 0 Å². The molecule has 1 aromatic heterocycles. The number of nitrogens with zero attached hydrogens (tertiary/aromatic N) is 3. The fraction of sp³-hybridized carbons (Fsp3) is 0.423. The van der Waals surface area contributed by atoms with E-state index in [0.717, 1.165) is 17.7 Å². The normalized spacial score (nSPS) is 14.7. The lowest BCUT2D eigenvalue weighted by Gasteiger charge is -2.18. The van der Waals surface area contributed by atoms with Crippen molar-refractivity contribution in [3.8, 4) is 11.4 Å². The topological polar surface area (TPSA) is 69.0 Å². The molecular formula is C26H30Cl2N4O2S. The Bertz CT molecular complexity index is 1160. The third-order valence-corrected chi connectivity index (χ3v) is 7.88. The molecule has 1 amide bonds. The molecule has 0 aliphatic heterocycles. The van der Waals surface area contributed by atoms with E-state index in [1.165, 1.54) is 37.4 Å². The highest BCUT2D eigenvalue weighted by atomic mass is 35.5. The molecule has 35 heavy (non-hydrogen) atoms. The third kappa shape index (κ3) is 6.72. The lowest BCUT2D eigenvalue weighted by atomic mass is 10.0. The lowest BCUT2D eigenvalue weighted by molar-refractivity contribution is -0.122. The third-order valence-electron chi connectivity index (χ3n) is 6.33. The predicted octanol–water partition coefficient (Wildman–Crippen LogP) is 7.02. The lowest BCUT2D eigenvalue weighted by Crippen LogP contribution is -2.28. The molecule has 1 unspecified atom stereocenters. The van der Waals surface area contributed by atoms with E-state index in [9.17, 15) is 4.79 Å². The van der Waals surface area contributed by atoms with E-state index in [4.69, 9.17) is 27.9 Å². The number of amides is 1. The van der Waals surface area contributed by atoms with Crippen LogP contribution in [0.5, 0.6) is 5.75 Å². The highest BCUT2D eigenvalue weighted by Gasteiger charge is 2.23. The van der Waals surface area contributed by atoms with Crippen LogP contribution in [0.4, 0.5) is 0 Å². The van der Waals surface area contributed by atoms with Gasteiger partial charge in [-0.05, 0) is 55.2 Å². The molecule has 3 aromatic rings. The van der Waals surface area contributed by atoms with E-state index in [1.807, 2.05) is 35.8 Å². The number of benzene rings is 2. The number of hydrogen-bond donors (Lipinski definition) is 1. The van der Waals surface area contributed by atoms with Gasteiger partial charge in [0.1, 0.15) is 5.75 Å². The van der Waals surface area contributed by atoms with Gasteiger partial charge >= 0.3 is 0 Å². The van der Waals surface area contributed by atoms with Crippen molar-refractivity contribution in [2.24, 2.45) is 5.92 Å². The van der Waals surface area contributed by atoms with Crippen LogP contribution >= 0.6 is 35.0 Å². The van der Waals surface area contributed by atoms with E-state index in [2.05, 4.69) is 15.5 Å². The summed E-state index contributed by atoms with van der Waals surface area (Å²) < 4.78 is 7.23. The van der Waals surface area contributed by atoms with Crippen LogP contribution in [-0.4, -0.2) is 27.8 Å². The minimum absolute atomic E-state index is 0.0294. The highest BCUT2D eigenvalue weighted by molar-refractivity contribution is 7.98. The number of halogens is 2. The van der Waals surface area contributed by atoms with Gasteiger partial charge in [-0.15, -0.1) is 10.2 Å². The average molecular weight is 534 g/mol. The number of carbonyl (C=O) groups excluding carboxylic acids is 1. The molecule has 1 fully saturated rings. The van der Waals surface area contributed by atoms with Crippen LogP contribution in [-0.2, 0) is 10.5 Å². The molecule has 1 aliphatic carbocycles. The van der Waals surface area contributed by atoms with Crippen LogP contribution in [0.25, 0.3) is 5.69 Å². The summed E-state index contributed by atoms with van der Waals surface area (Å²) >= 11 is 14.4. The molecule has 1 aliphatic rings. The Balaban J connectivity index is 1.55. The minimum Gasteiger partial charge on any atom is -0.497 e. The SMILES string of the molecule is COc1cccc(CSc2nnc(C(C)NC(=O)CCC3CCCC3)n2-c2cc(Cl)ccc2Cl)c1. The summed E-state index contributed by atoms with van der Waals surface area (Å²) in [6, 6.07) is 12.9. The van der Waals surface area contributed by atoms with Gasteiger partial charge in [0, 0.05) is 17.2 Å². The second-order valence-electron chi connectivity index (χ2n) is 8.89. The Labute approximate surface area is 220 Å². The largest absolute Gasteiger partial charge is 0.497 e. The van der Waals surface area contributed by atoms with Crippen LogP contribution in [0.1, 0.15) is 62.9 Å². The monoisotopic (exact) mass is 532 g/mol. The van der Waals surface area contributed by atoms with Crippen molar-refractivity contribution in [2.75, 3.05) is 7.11 Å². The van der Waals surface area contributed by atoms with Crippen molar-refractivity contribution in [1.82, 2.24) is 20.1 Å². The smallest absolute Gasteiger partial charge is 0.220 e. The second kappa shape index (κ2) is 12.2. The molecule has 1 saturated carbocycles. The van der Waals surface area contributed by atoms with Crippen molar-refractivity contribution in [1.29, 1.82) is 0 Å². The zero-order valence-corrected chi connectivity index (χ0v) is 22.3. The quantitative estimate of drug-likeness (QED) is 0.284. The summed E-state index contributed by atoms with van der Waals surface area (Å²) in [4.78, 5) is 12.7. The Morgan fingerprint density at radius 3 is 2.77 bits per heavy atom. The Hall–Kier alpha value is -2.22. The molecule has 6 nitrogen and oxygen atoms in total. The zero-order valence-electron chi connectivity index (χ0n) is 20.0. The van der Waals surface area contributed by atoms with Gasteiger partial charge in [-0.25, -0.2) is 0 Å². The molecule has 186 valence electrons. The first-order valence-electron chi connectivity index (χ1n) is 11.9. The van der Waals surface area contributed by atoms with Gasteiger partial charge in [0.2, 0.25) is 5.91 Å². The van der Waals surface area contributed by atoms with Crippen LogP contribution in [0, 0.1) is 5.92 Å². The molecule has 0 bridgehead atoms. The summed E-state index contributed by atoms with van der Waals surface area (Å²) in [5, 5.41) is 13.8. The maximum absolute atomic E-state index is 12.7. The summed E-state index contributed by atoms with van der Waals surface area (Å²) in [6.07, 6.45) is 6.49. The van der Waals surface area contributed by atoms with Gasteiger partial charge in [0.15, 0.2) is 11.0 Å². The summed E-state index contributed by atoms with van der Waals surface area (Å²) in [7, 11) is 1.65. The minimum atomic E-state index is -0.347. The Kier molecular flexibility index (Phi) is 8.98. The van der Waals surface area contributed by atoms with E-state index in [-0.39, 0.29) is 11.9 Å².